The van der Waals surface area contributed by atoms with E-state index in [1.54, 1.807) is 26.0 Å². The lowest BCUT2D eigenvalue weighted by Crippen LogP contribution is -2.51. The van der Waals surface area contributed by atoms with E-state index in [1.165, 1.54) is 24.3 Å². The molecule has 2 N–H and O–H groups in total. The highest BCUT2D eigenvalue weighted by Gasteiger charge is 2.43. The third kappa shape index (κ3) is 6.06. The van der Waals surface area contributed by atoms with E-state index in [1.807, 2.05) is 20.8 Å². The molecule has 1 aliphatic heterocycles. The molecule has 9 nitrogen and oxygen atoms in total. The van der Waals surface area contributed by atoms with Crippen molar-refractivity contribution in [2.75, 3.05) is 13.2 Å². The van der Waals surface area contributed by atoms with Gasteiger partial charge in [-0.3, -0.25) is 10.1 Å². The number of nitrogens with zero attached hydrogens (tertiary/aromatic N) is 1. The number of benzene rings is 1. The number of aliphatic hydroxyl groups excluding tert-OH is 1. The normalized spacial score (nSPS) is 20.4. The number of rotatable bonds is 8. The minimum atomic E-state index is -1.00. The molecule has 0 spiro atoms. The molecule has 0 saturated carbocycles. The van der Waals surface area contributed by atoms with Crippen molar-refractivity contribution < 1.29 is 29.0 Å². The molecule has 1 aromatic carbocycles. The van der Waals surface area contributed by atoms with Gasteiger partial charge >= 0.3 is 0 Å². The maximum atomic E-state index is 11.2. The van der Waals surface area contributed by atoms with Gasteiger partial charge < -0.3 is 24.6 Å². The summed E-state index contributed by atoms with van der Waals surface area (Å²) in [6, 6.07) is 3.59. The number of non-ortho nitro benzene ring substituents is 1. The summed E-state index contributed by atoms with van der Waals surface area (Å²) in [5, 5.41) is 25.2. The lowest BCUT2D eigenvalue weighted by atomic mass is 9.86. The molecule has 2 rings (SSSR count). The van der Waals surface area contributed by atoms with E-state index in [4.69, 9.17) is 14.2 Å². The van der Waals surface area contributed by atoms with Crippen LogP contribution in [0.1, 0.15) is 46.2 Å². The molecule has 9 heteroatoms. The fourth-order valence-corrected chi connectivity index (χ4v) is 3.01. The van der Waals surface area contributed by atoms with Gasteiger partial charge in [-0.25, -0.2) is 4.79 Å². The third-order valence-corrected chi connectivity index (χ3v) is 4.33. The van der Waals surface area contributed by atoms with Crippen molar-refractivity contribution in [2.45, 2.75) is 58.0 Å². The minimum absolute atomic E-state index is 0.0763. The summed E-state index contributed by atoms with van der Waals surface area (Å²) in [5.41, 5.74) is -1.07. The van der Waals surface area contributed by atoms with Gasteiger partial charge in [-0.05, 0) is 40.7 Å². The smallest absolute Gasteiger partial charge is 0.270 e. The lowest BCUT2D eigenvalue weighted by molar-refractivity contribution is -0.385. The Labute approximate surface area is 175 Å². The molecule has 1 aromatic rings. The maximum Gasteiger partial charge on any atom is 0.270 e. The quantitative estimate of drug-likeness (QED) is 0.217. The van der Waals surface area contributed by atoms with Gasteiger partial charge in [-0.2, -0.15) is 0 Å². The summed E-state index contributed by atoms with van der Waals surface area (Å²) in [4.78, 5) is 21.0. The standard InChI is InChI=1S/C21H28N2O7/c1-20(2,3)29-15(13-28-10-6-9-24)12-22-18-16-11-14(23(26)27)7-8-17(16)30-21(4,5)19(18)25/h6-8,11-12,18-19,22,25H,10,13H2,1-5H3/t18-,19+/m1/s1. The van der Waals surface area contributed by atoms with Crippen LogP contribution in [0.5, 0.6) is 5.75 Å². The zero-order valence-corrected chi connectivity index (χ0v) is 17.8. The Balaban J connectivity index is 2.35. The first-order chi connectivity index (χ1) is 13.9. The number of ether oxygens (including phenoxy) is 3. The van der Waals surface area contributed by atoms with Crippen molar-refractivity contribution in [1.82, 2.24) is 5.32 Å². The first-order valence-electron chi connectivity index (χ1n) is 9.51. The van der Waals surface area contributed by atoms with E-state index < -0.39 is 28.3 Å². The SMILES string of the molecule is CC(C)(C)OC(=CN[C@@H]1c2cc([N+](=O)[O-])ccc2OC(C)(C)[C@H]1O)COCC=C=O. The average Bonchev–Trinajstić information content (AvgIpc) is 2.63. The molecule has 0 radical (unpaired) electrons. The van der Waals surface area contributed by atoms with Crippen LogP contribution >= 0.6 is 0 Å². The van der Waals surface area contributed by atoms with E-state index in [-0.39, 0.29) is 18.9 Å². The molecule has 0 saturated heterocycles. The van der Waals surface area contributed by atoms with Crippen LogP contribution in [-0.2, 0) is 14.3 Å². The lowest BCUT2D eigenvalue weighted by Gasteiger charge is -2.42. The fourth-order valence-electron chi connectivity index (χ4n) is 3.01. The maximum absolute atomic E-state index is 11.2. The highest BCUT2D eigenvalue weighted by Crippen LogP contribution is 2.41. The summed E-state index contributed by atoms with van der Waals surface area (Å²) >= 11 is 0. The number of nitro groups is 1. The van der Waals surface area contributed by atoms with Crippen LogP contribution < -0.4 is 10.1 Å². The van der Waals surface area contributed by atoms with E-state index in [0.717, 1.165) is 0 Å². The van der Waals surface area contributed by atoms with Gasteiger partial charge in [0.15, 0.2) is 0 Å². The van der Waals surface area contributed by atoms with Crippen LogP contribution in [0, 0.1) is 10.1 Å². The van der Waals surface area contributed by atoms with Gasteiger partial charge in [-0.1, -0.05) is 0 Å². The number of nitrogens with one attached hydrogen (secondary N) is 1. The van der Waals surface area contributed by atoms with Crippen molar-refractivity contribution >= 4 is 11.6 Å². The third-order valence-electron chi connectivity index (χ3n) is 4.33. The van der Waals surface area contributed by atoms with Crippen molar-refractivity contribution in [1.29, 1.82) is 0 Å². The van der Waals surface area contributed by atoms with Crippen LogP contribution in [-0.4, -0.2) is 46.5 Å². The molecule has 0 bridgehead atoms. The molecule has 0 fully saturated rings. The highest BCUT2D eigenvalue weighted by atomic mass is 16.6. The van der Waals surface area contributed by atoms with Crippen molar-refractivity contribution in [2.24, 2.45) is 0 Å². The molecule has 0 amide bonds. The van der Waals surface area contributed by atoms with Crippen molar-refractivity contribution in [3.8, 4) is 5.75 Å². The molecule has 0 unspecified atom stereocenters. The minimum Gasteiger partial charge on any atom is -0.489 e. The molecule has 1 heterocycles. The number of carbonyl (C=O) groups excluding carboxylic acids is 1. The summed E-state index contributed by atoms with van der Waals surface area (Å²) in [6.45, 7) is 9.25. The number of aliphatic hydroxyl groups is 1. The largest absolute Gasteiger partial charge is 0.489 e. The van der Waals surface area contributed by atoms with Crippen LogP contribution in [0.25, 0.3) is 0 Å². The number of nitro benzene ring substituents is 1. The molecule has 0 aromatic heterocycles. The molecule has 2 atom stereocenters. The predicted molar refractivity (Wildman–Crippen MR) is 110 cm³/mol. The Morgan fingerprint density at radius 3 is 2.73 bits per heavy atom. The summed E-state index contributed by atoms with van der Waals surface area (Å²) in [7, 11) is 0. The van der Waals surface area contributed by atoms with Crippen LogP contribution in [0.3, 0.4) is 0 Å². The monoisotopic (exact) mass is 420 g/mol. The van der Waals surface area contributed by atoms with Gasteiger partial charge in [0.05, 0.1) is 17.6 Å². The van der Waals surface area contributed by atoms with E-state index in [2.05, 4.69) is 5.32 Å². The molecule has 30 heavy (non-hydrogen) atoms. The van der Waals surface area contributed by atoms with E-state index in [0.29, 0.717) is 17.1 Å². The zero-order valence-electron chi connectivity index (χ0n) is 17.8. The number of hydrogen-bond acceptors (Lipinski definition) is 8. The van der Waals surface area contributed by atoms with Crippen LogP contribution in [0.2, 0.25) is 0 Å². The van der Waals surface area contributed by atoms with Gasteiger partial charge in [0.25, 0.3) is 5.69 Å². The Morgan fingerprint density at radius 1 is 1.43 bits per heavy atom. The van der Waals surface area contributed by atoms with Crippen molar-refractivity contribution in [3.63, 3.8) is 0 Å². The molecular weight excluding hydrogens is 392 g/mol. The topological polar surface area (TPSA) is 120 Å². The van der Waals surface area contributed by atoms with Gasteiger partial charge in [0, 0.05) is 30.0 Å². The van der Waals surface area contributed by atoms with Gasteiger partial charge in [0.2, 0.25) is 0 Å². The molecule has 0 aliphatic carbocycles. The molecular formula is C21H28N2O7. The van der Waals surface area contributed by atoms with E-state index in [9.17, 15) is 20.0 Å². The molecule has 1 aliphatic rings. The van der Waals surface area contributed by atoms with Crippen LogP contribution in [0.4, 0.5) is 5.69 Å². The summed E-state index contributed by atoms with van der Waals surface area (Å²) in [6.07, 6.45) is 1.77. The van der Waals surface area contributed by atoms with Gasteiger partial charge in [0.1, 0.15) is 41.4 Å². The highest BCUT2D eigenvalue weighted by molar-refractivity contribution is 5.48. The summed E-state index contributed by atoms with van der Waals surface area (Å²) < 4.78 is 17.1. The van der Waals surface area contributed by atoms with E-state index >= 15 is 0 Å². The average molecular weight is 420 g/mol. The van der Waals surface area contributed by atoms with Crippen LogP contribution in [0.15, 0.2) is 36.2 Å². The molecule has 164 valence electrons. The second-order valence-corrected chi connectivity index (χ2v) is 8.44. The Hall–Kier alpha value is -2.87. The second-order valence-electron chi connectivity index (χ2n) is 8.44. The first-order valence-corrected chi connectivity index (χ1v) is 9.51. The second kappa shape index (κ2) is 9.30. The zero-order chi connectivity index (χ0) is 22.5. The van der Waals surface area contributed by atoms with Crippen molar-refractivity contribution in [3.05, 3.63) is 51.9 Å². The summed E-state index contributed by atoms with van der Waals surface area (Å²) in [5.74, 6) is 2.52. The fraction of sp³-hybridized carbons (Fsp3) is 0.524. The number of fused-ring (bicyclic) bond motifs is 1. The Morgan fingerprint density at radius 2 is 2.13 bits per heavy atom. The van der Waals surface area contributed by atoms with Gasteiger partial charge in [-0.15, -0.1) is 0 Å². The number of hydrogen-bond donors (Lipinski definition) is 2. The predicted octanol–water partition coefficient (Wildman–Crippen LogP) is 2.82. The Kier molecular flexibility index (Phi) is 7.25. The Bertz CT molecular complexity index is 851. The first kappa shape index (κ1) is 23.4.